The average Bonchev–Trinajstić information content (AvgIpc) is 2.79. The number of rotatable bonds is 8. The van der Waals surface area contributed by atoms with Crippen LogP contribution in [0.15, 0.2) is 24.5 Å². The van der Waals surface area contributed by atoms with E-state index in [1.54, 1.807) is 13.1 Å². The lowest BCUT2D eigenvalue weighted by atomic mass is 10.2. The average molecular weight is 250 g/mol. The fourth-order valence-corrected chi connectivity index (χ4v) is 1.65. The molecule has 100 valence electrons. The highest BCUT2D eigenvalue weighted by Crippen LogP contribution is 2.06. The smallest absolute Gasteiger partial charge is 0.333 e. The van der Waals surface area contributed by atoms with E-state index in [1.807, 2.05) is 10.8 Å². The highest BCUT2D eigenvalue weighted by molar-refractivity contribution is 5.86. The topological polar surface area (TPSA) is 44.1 Å². The molecule has 1 aromatic heterocycles. The molecule has 1 heterocycles. The minimum Gasteiger partial charge on any atom is -0.454 e. The first-order valence-electron chi connectivity index (χ1n) is 6.47. The van der Waals surface area contributed by atoms with Gasteiger partial charge in [-0.3, -0.25) is 0 Å². The number of carbonyl (C=O) groups excluding carboxylic acids is 1. The second-order valence-electron chi connectivity index (χ2n) is 4.45. The molecule has 0 atom stereocenters. The molecule has 0 saturated carbocycles. The van der Waals surface area contributed by atoms with Gasteiger partial charge in [0.25, 0.3) is 0 Å². The lowest BCUT2D eigenvalue weighted by Crippen LogP contribution is -2.10. The summed E-state index contributed by atoms with van der Waals surface area (Å²) in [5.41, 5.74) is 0.413. The van der Waals surface area contributed by atoms with Crippen LogP contribution in [0.1, 0.15) is 45.4 Å². The van der Waals surface area contributed by atoms with Crippen molar-refractivity contribution in [2.24, 2.45) is 0 Å². The van der Waals surface area contributed by atoms with Gasteiger partial charge in [0.2, 0.25) is 0 Å². The summed E-state index contributed by atoms with van der Waals surface area (Å²) in [6, 6.07) is 0. The molecule has 0 spiro atoms. The van der Waals surface area contributed by atoms with E-state index >= 15 is 0 Å². The van der Waals surface area contributed by atoms with Crippen molar-refractivity contribution in [2.45, 2.75) is 52.7 Å². The third kappa shape index (κ3) is 4.73. The molecule has 0 saturated heterocycles. The SMILES string of the molecule is C=C(C)C(=O)OCc1nccn1CCCCCC. The lowest BCUT2D eigenvalue weighted by molar-refractivity contribution is -0.140. The maximum Gasteiger partial charge on any atom is 0.333 e. The summed E-state index contributed by atoms with van der Waals surface area (Å²) in [5.74, 6) is 0.427. The van der Waals surface area contributed by atoms with E-state index in [4.69, 9.17) is 4.74 Å². The fraction of sp³-hybridized carbons (Fsp3) is 0.571. The largest absolute Gasteiger partial charge is 0.454 e. The van der Waals surface area contributed by atoms with E-state index < -0.39 is 0 Å². The summed E-state index contributed by atoms with van der Waals surface area (Å²) in [6.07, 6.45) is 8.51. The molecule has 0 aliphatic carbocycles. The summed E-state index contributed by atoms with van der Waals surface area (Å²) < 4.78 is 7.14. The molecule has 0 aliphatic rings. The van der Waals surface area contributed by atoms with Crippen LogP contribution >= 0.6 is 0 Å². The molecule has 0 aromatic carbocycles. The van der Waals surface area contributed by atoms with E-state index in [1.165, 1.54) is 19.3 Å². The van der Waals surface area contributed by atoms with Crippen LogP contribution in [0.2, 0.25) is 0 Å². The van der Waals surface area contributed by atoms with Crippen molar-refractivity contribution in [1.29, 1.82) is 0 Å². The number of imidazole rings is 1. The zero-order valence-corrected chi connectivity index (χ0v) is 11.3. The lowest BCUT2D eigenvalue weighted by Gasteiger charge is -2.08. The Balaban J connectivity index is 2.39. The first-order valence-corrected chi connectivity index (χ1v) is 6.47. The Labute approximate surface area is 109 Å². The molecule has 1 aromatic rings. The standard InChI is InChI=1S/C14H22N2O2/c1-4-5-6-7-9-16-10-8-15-13(16)11-18-14(17)12(2)3/h8,10H,2,4-7,9,11H2,1,3H3. The molecule has 0 aliphatic heterocycles. The highest BCUT2D eigenvalue weighted by atomic mass is 16.5. The zero-order chi connectivity index (χ0) is 13.4. The molecule has 0 radical (unpaired) electrons. The quantitative estimate of drug-likeness (QED) is 0.404. The molecule has 0 amide bonds. The summed E-state index contributed by atoms with van der Waals surface area (Å²) in [7, 11) is 0. The molecular weight excluding hydrogens is 228 g/mol. The number of nitrogens with zero attached hydrogens (tertiary/aromatic N) is 2. The molecule has 0 unspecified atom stereocenters. The van der Waals surface area contributed by atoms with Crippen molar-refractivity contribution >= 4 is 5.97 Å². The van der Waals surface area contributed by atoms with Crippen molar-refractivity contribution in [3.8, 4) is 0 Å². The summed E-state index contributed by atoms with van der Waals surface area (Å²) >= 11 is 0. The predicted octanol–water partition coefficient (Wildman–Crippen LogP) is 3.08. The molecule has 18 heavy (non-hydrogen) atoms. The maximum atomic E-state index is 11.3. The van der Waals surface area contributed by atoms with E-state index in [2.05, 4.69) is 18.5 Å². The summed E-state index contributed by atoms with van der Waals surface area (Å²) in [4.78, 5) is 15.5. The van der Waals surface area contributed by atoms with Gasteiger partial charge >= 0.3 is 5.97 Å². The second-order valence-corrected chi connectivity index (χ2v) is 4.45. The monoisotopic (exact) mass is 250 g/mol. The number of unbranched alkanes of at least 4 members (excludes halogenated alkanes) is 3. The second kappa shape index (κ2) is 7.69. The van der Waals surface area contributed by atoms with Crippen LogP contribution in [0.25, 0.3) is 0 Å². The number of hydrogen-bond donors (Lipinski definition) is 0. The predicted molar refractivity (Wildman–Crippen MR) is 71.0 cm³/mol. The third-order valence-electron chi connectivity index (χ3n) is 2.74. The van der Waals surface area contributed by atoms with Crippen molar-refractivity contribution in [1.82, 2.24) is 9.55 Å². The van der Waals surface area contributed by atoms with Crippen LogP contribution in [-0.2, 0) is 22.7 Å². The minimum absolute atomic E-state index is 0.215. The summed E-state index contributed by atoms with van der Waals surface area (Å²) in [5, 5.41) is 0. The van der Waals surface area contributed by atoms with Gasteiger partial charge in [0.05, 0.1) is 0 Å². The van der Waals surface area contributed by atoms with Crippen LogP contribution in [0.5, 0.6) is 0 Å². The van der Waals surface area contributed by atoms with Crippen molar-refractivity contribution < 1.29 is 9.53 Å². The Bertz CT molecular complexity index is 396. The zero-order valence-electron chi connectivity index (χ0n) is 11.3. The molecule has 4 heteroatoms. The van der Waals surface area contributed by atoms with Gasteiger partial charge in [-0.15, -0.1) is 0 Å². The number of carbonyl (C=O) groups is 1. The Hall–Kier alpha value is -1.58. The Kier molecular flexibility index (Phi) is 6.19. The fourth-order valence-electron chi connectivity index (χ4n) is 1.65. The van der Waals surface area contributed by atoms with E-state index in [0.29, 0.717) is 5.57 Å². The molecule has 0 fully saturated rings. The normalized spacial score (nSPS) is 10.3. The summed E-state index contributed by atoms with van der Waals surface area (Å²) in [6.45, 7) is 8.52. The van der Waals surface area contributed by atoms with E-state index in [0.717, 1.165) is 18.8 Å². The van der Waals surface area contributed by atoms with Gasteiger partial charge in [-0.05, 0) is 13.3 Å². The van der Waals surface area contributed by atoms with Crippen LogP contribution in [0.3, 0.4) is 0 Å². The first kappa shape index (κ1) is 14.5. The molecule has 0 bridgehead atoms. The Morgan fingerprint density at radius 2 is 2.22 bits per heavy atom. The van der Waals surface area contributed by atoms with Gasteiger partial charge < -0.3 is 9.30 Å². The number of aryl methyl sites for hydroxylation is 1. The number of hydrogen-bond acceptors (Lipinski definition) is 3. The molecule has 0 N–H and O–H groups in total. The van der Waals surface area contributed by atoms with Gasteiger partial charge in [-0.25, -0.2) is 9.78 Å². The number of ether oxygens (including phenoxy) is 1. The van der Waals surface area contributed by atoms with E-state index in [9.17, 15) is 4.79 Å². The van der Waals surface area contributed by atoms with Crippen molar-refractivity contribution in [3.63, 3.8) is 0 Å². The first-order chi connectivity index (χ1) is 8.65. The molecule has 4 nitrogen and oxygen atoms in total. The van der Waals surface area contributed by atoms with Crippen molar-refractivity contribution in [3.05, 3.63) is 30.4 Å². The molecular formula is C14H22N2O2. The van der Waals surface area contributed by atoms with Crippen molar-refractivity contribution in [2.75, 3.05) is 0 Å². The highest BCUT2D eigenvalue weighted by Gasteiger charge is 2.07. The number of aromatic nitrogens is 2. The van der Waals surface area contributed by atoms with E-state index in [-0.39, 0.29) is 12.6 Å². The van der Waals surface area contributed by atoms with Crippen LogP contribution in [0.4, 0.5) is 0 Å². The molecule has 1 rings (SSSR count). The van der Waals surface area contributed by atoms with Gasteiger partial charge in [-0.2, -0.15) is 0 Å². The minimum atomic E-state index is -0.365. The third-order valence-corrected chi connectivity index (χ3v) is 2.74. The van der Waals surface area contributed by atoms with Gasteiger partial charge in [0, 0.05) is 24.5 Å². The number of esters is 1. The Morgan fingerprint density at radius 1 is 1.44 bits per heavy atom. The Morgan fingerprint density at radius 3 is 2.89 bits per heavy atom. The van der Waals surface area contributed by atoms with Gasteiger partial charge in [-0.1, -0.05) is 32.8 Å². The van der Waals surface area contributed by atoms with Crippen LogP contribution < -0.4 is 0 Å². The van der Waals surface area contributed by atoms with Crippen LogP contribution in [0, 0.1) is 0 Å². The van der Waals surface area contributed by atoms with Crippen LogP contribution in [-0.4, -0.2) is 15.5 Å². The maximum absolute atomic E-state index is 11.3. The van der Waals surface area contributed by atoms with Gasteiger partial charge in [0.15, 0.2) is 0 Å². The van der Waals surface area contributed by atoms with Gasteiger partial charge in [0.1, 0.15) is 12.4 Å².